The van der Waals surface area contributed by atoms with E-state index >= 15 is 0 Å². The number of H-pyrrole nitrogens is 1. The van der Waals surface area contributed by atoms with E-state index in [0.29, 0.717) is 5.56 Å². The Morgan fingerprint density at radius 3 is 2.80 bits per heavy atom. The van der Waals surface area contributed by atoms with Crippen LogP contribution in [-0.4, -0.2) is 10.8 Å². The third-order valence-electron chi connectivity index (χ3n) is 3.27. The lowest BCUT2D eigenvalue weighted by atomic mass is 10.0. The van der Waals surface area contributed by atoms with Gasteiger partial charge in [0.2, 0.25) is 0 Å². The van der Waals surface area contributed by atoms with Crippen LogP contribution >= 0.6 is 15.9 Å². The molecule has 20 heavy (non-hydrogen) atoms. The van der Waals surface area contributed by atoms with Crippen molar-refractivity contribution in [1.29, 1.82) is 0 Å². The minimum absolute atomic E-state index is 0.0988. The second-order valence-electron chi connectivity index (χ2n) is 4.68. The molecular formula is C16H11BrFNO. The molecule has 3 rings (SSSR count). The highest BCUT2D eigenvalue weighted by Gasteiger charge is 2.19. The van der Waals surface area contributed by atoms with Crippen molar-refractivity contribution in [3.63, 3.8) is 0 Å². The van der Waals surface area contributed by atoms with E-state index in [1.807, 2.05) is 25.1 Å². The van der Waals surface area contributed by atoms with Crippen molar-refractivity contribution in [2.45, 2.75) is 6.92 Å². The molecule has 4 heteroatoms. The zero-order valence-electron chi connectivity index (χ0n) is 10.7. The lowest BCUT2D eigenvalue weighted by Crippen LogP contribution is -2.04. The highest BCUT2D eigenvalue weighted by atomic mass is 79.9. The Balaban J connectivity index is 2.21. The van der Waals surface area contributed by atoms with Gasteiger partial charge in [-0.15, -0.1) is 0 Å². The number of aromatic amines is 1. The fourth-order valence-corrected chi connectivity index (χ4v) is 2.86. The molecule has 3 aromatic rings. The molecule has 0 radical (unpaired) electrons. The first-order valence-electron chi connectivity index (χ1n) is 6.14. The van der Waals surface area contributed by atoms with Gasteiger partial charge in [-0.3, -0.25) is 4.79 Å². The molecule has 0 aliphatic heterocycles. The van der Waals surface area contributed by atoms with Crippen molar-refractivity contribution in [2.24, 2.45) is 0 Å². The standard InChI is InChI=1S/C16H11BrFNO/c1-9-5-6-13(18)10(7-9)16(20)11-8-19-14-4-2-3-12(17)15(11)14/h2-8,19H,1H3. The van der Waals surface area contributed by atoms with Crippen LogP contribution in [0.5, 0.6) is 0 Å². The molecule has 1 heterocycles. The fourth-order valence-electron chi connectivity index (χ4n) is 2.28. The van der Waals surface area contributed by atoms with Crippen LogP contribution in [0.4, 0.5) is 4.39 Å². The number of fused-ring (bicyclic) bond motifs is 1. The number of aryl methyl sites for hydroxylation is 1. The summed E-state index contributed by atoms with van der Waals surface area (Å²) in [5.41, 5.74) is 2.27. The molecule has 2 nitrogen and oxygen atoms in total. The Morgan fingerprint density at radius 2 is 2.00 bits per heavy atom. The van der Waals surface area contributed by atoms with E-state index in [1.54, 1.807) is 18.3 Å². The molecule has 1 aromatic heterocycles. The zero-order chi connectivity index (χ0) is 14.3. The zero-order valence-corrected chi connectivity index (χ0v) is 12.3. The van der Waals surface area contributed by atoms with E-state index in [-0.39, 0.29) is 11.3 Å². The Hall–Kier alpha value is -1.94. The van der Waals surface area contributed by atoms with Gasteiger partial charge in [0.05, 0.1) is 5.56 Å². The number of hydrogen-bond acceptors (Lipinski definition) is 1. The number of carbonyl (C=O) groups excluding carboxylic acids is 1. The number of nitrogens with one attached hydrogen (secondary N) is 1. The Kier molecular flexibility index (Phi) is 3.18. The molecule has 2 aromatic carbocycles. The molecule has 100 valence electrons. The summed E-state index contributed by atoms with van der Waals surface area (Å²) in [5.74, 6) is -0.814. The maximum Gasteiger partial charge on any atom is 0.198 e. The van der Waals surface area contributed by atoms with Crippen LogP contribution in [-0.2, 0) is 0 Å². The molecule has 0 amide bonds. The topological polar surface area (TPSA) is 32.9 Å². The van der Waals surface area contributed by atoms with Gasteiger partial charge in [0.1, 0.15) is 5.82 Å². The van der Waals surface area contributed by atoms with E-state index in [4.69, 9.17) is 0 Å². The number of aromatic nitrogens is 1. The van der Waals surface area contributed by atoms with E-state index in [9.17, 15) is 9.18 Å². The Labute approximate surface area is 123 Å². The normalized spacial score (nSPS) is 10.9. The Bertz CT molecular complexity index is 822. The predicted molar refractivity (Wildman–Crippen MR) is 80.6 cm³/mol. The summed E-state index contributed by atoms with van der Waals surface area (Å²) in [5, 5.41) is 0.776. The molecule has 0 unspecified atom stereocenters. The average Bonchev–Trinajstić information content (AvgIpc) is 2.86. The molecule has 0 atom stereocenters. The van der Waals surface area contributed by atoms with Crippen molar-refractivity contribution >= 4 is 32.6 Å². The lowest BCUT2D eigenvalue weighted by Gasteiger charge is -2.04. The summed E-state index contributed by atoms with van der Waals surface area (Å²) in [6.45, 7) is 1.83. The van der Waals surface area contributed by atoms with Crippen molar-refractivity contribution in [1.82, 2.24) is 4.98 Å². The highest BCUT2D eigenvalue weighted by Crippen LogP contribution is 2.29. The average molecular weight is 332 g/mol. The molecule has 0 aliphatic carbocycles. The quantitative estimate of drug-likeness (QED) is 0.683. The number of benzene rings is 2. The second-order valence-corrected chi connectivity index (χ2v) is 5.53. The number of rotatable bonds is 2. The fraction of sp³-hybridized carbons (Fsp3) is 0.0625. The van der Waals surface area contributed by atoms with Crippen LogP contribution in [0.1, 0.15) is 21.5 Å². The van der Waals surface area contributed by atoms with Crippen LogP contribution in [0.2, 0.25) is 0 Å². The van der Waals surface area contributed by atoms with Crippen LogP contribution in [0.15, 0.2) is 47.1 Å². The molecule has 0 aliphatic rings. The van der Waals surface area contributed by atoms with Gasteiger partial charge in [0, 0.05) is 27.1 Å². The van der Waals surface area contributed by atoms with Crippen LogP contribution in [0.3, 0.4) is 0 Å². The van der Waals surface area contributed by atoms with Gasteiger partial charge < -0.3 is 4.98 Å². The summed E-state index contributed by atoms with van der Waals surface area (Å²) in [6, 6.07) is 10.2. The minimum atomic E-state index is -0.498. The van der Waals surface area contributed by atoms with Crippen molar-refractivity contribution in [3.8, 4) is 0 Å². The van der Waals surface area contributed by atoms with Crippen molar-refractivity contribution in [3.05, 3.63) is 69.6 Å². The second kappa shape index (κ2) is 4.87. The first-order chi connectivity index (χ1) is 9.58. The maximum atomic E-state index is 13.9. The van der Waals surface area contributed by atoms with Gasteiger partial charge in [-0.1, -0.05) is 33.6 Å². The Morgan fingerprint density at radius 1 is 1.20 bits per heavy atom. The van der Waals surface area contributed by atoms with Crippen LogP contribution in [0.25, 0.3) is 10.9 Å². The number of halogens is 2. The largest absolute Gasteiger partial charge is 0.360 e. The highest BCUT2D eigenvalue weighted by molar-refractivity contribution is 9.10. The number of ketones is 1. The van der Waals surface area contributed by atoms with Gasteiger partial charge >= 0.3 is 0 Å². The first-order valence-corrected chi connectivity index (χ1v) is 6.93. The third-order valence-corrected chi connectivity index (χ3v) is 3.93. The summed E-state index contributed by atoms with van der Waals surface area (Å²) in [6.07, 6.45) is 1.62. The first kappa shape index (κ1) is 13.1. The minimum Gasteiger partial charge on any atom is -0.360 e. The van der Waals surface area contributed by atoms with E-state index in [0.717, 1.165) is 20.9 Å². The van der Waals surface area contributed by atoms with E-state index < -0.39 is 5.82 Å². The smallest absolute Gasteiger partial charge is 0.198 e. The van der Waals surface area contributed by atoms with Crippen LogP contribution in [0, 0.1) is 12.7 Å². The molecular weight excluding hydrogens is 321 g/mol. The van der Waals surface area contributed by atoms with E-state index in [1.165, 1.54) is 6.07 Å². The molecule has 0 saturated carbocycles. The van der Waals surface area contributed by atoms with E-state index in [2.05, 4.69) is 20.9 Å². The van der Waals surface area contributed by atoms with Gasteiger partial charge in [-0.2, -0.15) is 0 Å². The molecule has 1 N–H and O–H groups in total. The molecule has 0 spiro atoms. The van der Waals surface area contributed by atoms with Gasteiger partial charge in [-0.05, 0) is 31.2 Å². The molecule has 0 saturated heterocycles. The van der Waals surface area contributed by atoms with Gasteiger partial charge in [-0.25, -0.2) is 4.39 Å². The summed E-state index contributed by atoms with van der Waals surface area (Å²) >= 11 is 3.43. The van der Waals surface area contributed by atoms with Gasteiger partial charge in [0.25, 0.3) is 0 Å². The third kappa shape index (κ3) is 2.06. The number of hydrogen-bond donors (Lipinski definition) is 1. The lowest BCUT2D eigenvalue weighted by molar-refractivity contribution is 0.103. The number of carbonyl (C=O) groups is 1. The monoisotopic (exact) mass is 331 g/mol. The molecule has 0 bridgehead atoms. The summed E-state index contributed by atoms with van der Waals surface area (Å²) < 4.78 is 14.7. The SMILES string of the molecule is Cc1ccc(F)c(C(=O)c2c[nH]c3cccc(Br)c23)c1. The maximum absolute atomic E-state index is 13.9. The van der Waals surface area contributed by atoms with Gasteiger partial charge in [0.15, 0.2) is 5.78 Å². The predicted octanol–water partition coefficient (Wildman–Crippen LogP) is 4.61. The van der Waals surface area contributed by atoms with Crippen LogP contribution < -0.4 is 0 Å². The summed E-state index contributed by atoms with van der Waals surface area (Å²) in [7, 11) is 0. The van der Waals surface area contributed by atoms with Crippen molar-refractivity contribution in [2.75, 3.05) is 0 Å². The summed E-state index contributed by atoms with van der Waals surface area (Å²) in [4.78, 5) is 15.6. The van der Waals surface area contributed by atoms with Crippen molar-refractivity contribution < 1.29 is 9.18 Å². The molecule has 0 fully saturated rings.